The van der Waals surface area contributed by atoms with Crippen LogP contribution in [-0.4, -0.2) is 36.0 Å². The van der Waals surface area contributed by atoms with Crippen LogP contribution in [0.3, 0.4) is 0 Å². The molecule has 2 rings (SSSR count). The third-order valence-corrected chi connectivity index (χ3v) is 3.02. The van der Waals surface area contributed by atoms with E-state index in [1.54, 1.807) is 0 Å². The third kappa shape index (κ3) is 2.87. The van der Waals surface area contributed by atoms with E-state index in [9.17, 15) is 14.4 Å². The summed E-state index contributed by atoms with van der Waals surface area (Å²) >= 11 is 0. The van der Waals surface area contributed by atoms with Gasteiger partial charge in [0.25, 0.3) is 0 Å². The largest absolute Gasteiger partial charge is 0.495 e. The number of aromatic carboxylic acids is 1. The van der Waals surface area contributed by atoms with Crippen LogP contribution in [0.15, 0.2) is 18.2 Å². The Labute approximate surface area is 114 Å². The Kier molecular flexibility index (Phi) is 3.88. The number of ether oxygens (including phenoxy) is 1. The van der Waals surface area contributed by atoms with E-state index < -0.39 is 17.9 Å². The molecule has 0 aliphatic carbocycles. The van der Waals surface area contributed by atoms with Gasteiger partial charge in [0.2, 0.25) is 11.8 Å². The van der Waals surface area contributed by atoms with Crippen molar-refractivity contribution in [2.24, 2.45) is 0 Å². The minimum atomic E-state index is -1.10. The van der Waals surface area contributed by atoms with Crippen LogP contribution in [-0.2, 0) is 9.59 Å². The summed E-state index contributed by atoms with van der Waals surface area (Å²) in [7, 11) is 1.42. The highest BCUT2D eigenvalue weighted by Gasteiger charge is 2.27. The first-order valence-electron chi connectivity index (χ1n) is 6.03. The minimum Gasteiger partial charge on any atom is -0.495 e. The molecule has 0 radical (unpaired) electrons. The number of rotatable bonds is 4. The molecule has 1 heterocycles. The van der Waals surface area contributed by atoms with Gasteiger partial charge in [0.15, 0.2) is 0 Å². The fourth-order valence-electron chi connectivity index (χ4n) is 1.97. The molecule has 0 bridgehead atoms. The van der Waals surface area contributed by atoms with Crippen LogP contribution in [0.5, 0.6) is 5.75 Å². The number of benzene rings is 1. The summed E-state index contributed by atoms with van der Waals surface area (Å²) in [6.07, 6.45) is 0.732. The van der Waals surface area contributed by atoms with E-state index in [0.717, 1.165) is 0 Å². The van der Waals surface area contributed by atoms with Crippen molar-refractivity contribution in [1.29, 1.82) is 0 Å². The minimum absolute atomic E-state index is 0.0385. The molecule has 2 amide bonds. The van der Waals surface area contributed by atoms with E-state index in [-0.39, 0.29) is 17.2 Å². The Hall–Kier alpha value is -2.57. The maximum atomic E-state index is 12.0. The molecule has 0 saturated carbocycles. The van der Waals surface area contributed by atoms with E-state index in [4.69, 9.17) is 9.84 Å². The number of amides is 2. The van der Waals surface area contributed by atoms with Crippen molar-refractivity contribution in [1.82, 2.24) is 5.32 Å². The third-order valence-electron chi connectivity index (χ3n) is 3.02. The predicted molar refractivity (Wildman–Crippen MR) is 69.7 cm³/mol. The topological polar surface area (TPSA) is 105 Å². The molecule has 1 aromatic rings. The van der Waals surface area contributed by atoms with Gasteiger partial charge in [-0.05, 0) is 24.6 Å². The van der Waals surface area contributed by atoms with Crippen LogP contribution in [0.1, 0.15) is 23.2 Å². The van der Waals surface area contributed by atoms with Crippen LogP contribution in [0.2, 0.25) is 0 Å². The number of methoxy groups -OCH3 is 1. The van der Waals surface area contributed by atoms with Gasteiger partial charge in [0.1, 0.15) is 11.8 Å². The number of carbonyl (C=O) groups is 3. The molecule has 20 heavy (non-hydrogen) atoms. The quantitative estimate of drug-likeness (QED) is 0.748. The zero-order valence-electron chi connectivity index (χ0n) is 10.8. The van der Waals surface area contributed by atoms with E-state index in [2.05, 4.69) is 10.6 Å². The van der Waals surface area contributed by atoms with Crippen LogP contribution in [0.4, 0.5) is 5.69 Å². The molecule has 0 spiro atoms. The molecule has 1 aliphatic heterocycles. The number of nitrogens with one attached hydrogen (secondary N) is 2. The smallest absolute Gasteiger partial charge is 0.335 e. The van der Waals surface area contributed by atoms with Crippen molar-refractivity contribution in [2.45, 2.75) is 18.9 Å². The number of hydrogen-bond acceptors (Lipinski definition) is 4. The molecule has 1 atom stereocenters. The first kappa shape index (κ1) is 13.9. The second-order valence-electron chi connectivity index (χ2n) is 4.37. The summed E-state index contributed by atoms with van der Waals surface area (Å²) in [5.74, 6) is -1.31. The second-order valence-corrected chi connectivity index (χ2v) is 4.37. The first-order valence-corrected chi connectivity index (χ1v) is 6.03. The SMILES string of the molecule is COc1ccc(C(=O)O)cc1NC(=O)[C@@H]1CCC(=O)N1. The monoisotopic (exact) mass is 278 g/mol. The van der Waals surface area contributed by atoms with Crippen molar-refractivity contribution in [3.05, 3.63) is 23.8 Å². The van der Waals surface area contributed by atoms with Crippen LogP contribution in [0.25, 0.3) is 0 Å². The normalized spacial score (nSPS) is 17.4. The summed E-state index contributed by atoms with van der Waals surface area (Å²) in [4.78, 5) is 34.0. The fourth-order valence-corrected chi connectivity index (χ4v) is 1.97. The number of carbonyl (C=O) groups excluding carboxylic acids is 2. The summed E-state index contributed by atoms with van der Waals surface area (Å²) in [5, 5.41) is 14.1. The van der Waals surface area contributed by atoms with Gasteiger partial charge < -0.3 is 20.5 Å². The highest BCUT2D eigenvalue weighted by Crippen LogP contribution is 2.26. The lowest BCUT2D eigenvalue weighted by Gasteiger charge is -2.14. The van der Waals surface area contributed by atoms with Gasteiger partial charge >= 0.3 is 5.97 Å². The van der Waals surface area contributed by atoms with Gasteiger partial charge in [-0.25, -0.2) is 4.79 Å². The number of anilines is 1. The zero-order valence-corrected chi connectivity index (χ0v) is 10.8. The maximum Gasteiger partial charge on any atom is 0.335 e. The lowest BCUT2D eigenvalue weighted by molar-refractivity contribution is -0.122. The molecule has 7 nitrogen and oxygen atoms in total. The summed E-state index contributed by atoms with van der Waals surface area (Å²) < 4.78 is 5.07. The van der Waals surface area contributed by atoms with Gasteiger partial charge in [-0.2, -0.15) is 0 Å². The Morgan fingerprint density at radius 2 is 2.20 bits per heavy atom. The number of carboxylic acids is 1. The Bertz CT molecular complexity index is 570. The second kappa shape index (κ2) is 5.60. The molecule has 0 aromatic heterocycles. The lowest BCUT2D eigenvalue weighted by atomic mass is 10.1. The molecule has 106 valence electrons. The van der Waals surface area contributed by atoms with Crippen LogP contribution >= 0.6 is 0 Å². The summed E-state index contributed by atoms with van der Waals surface area (Å²) in [6.45, 7) is 0. The molecule has 3 N–H and O–H groups in total. The molecular weight excluding hydrogens is 264 g/mol. The van der Waals surface area contributed by atoms with Crippen LogP contribution in [0, 0.1) is 0 Å². The molecule has 1 aliphatic rings. The first-order chi connectivity index (χ1) is 9.51. The maximum absolute atomic E-state index is 12.0. The van der Waals surface area contributed by atoms with Crippen molar-refractivity contribution < 1.29 is 24.2 Å². The highest BCUT2D eigenvalue weighted by molar-refractivity contribution is 6.01. The van der Waals surface area contributed by atoms with Gasteiger partial charge in [-0.3, -0.25) is 9.59 Å². The van der Waals surface area contributed by atoms with Gasteiger partial charge in [-0.15, -0.1) is 0 Å². The standard InChI is InChI=1S/C13H14N2O5/c1-20-10-4-2-7(13(18)19)6-9(10)15-12(17)8-3-5-11(16)14-8/h2,4,6,8H,3,5H2,1H3,(H,14,16)(H,15,17)(H,18,19)/t8-/m0/s1. The van der Waals surface area contributed by atoms with Crippen molar-refractivity contribution in [3.63, 3.8) is 0 Å². The average molecular weight is 278 g/mol. The number of hydrogen-bond donors (Lipinski definition) is 3. The van der Waals surface area contributed by atoms with E-state index >= 15 is 0 Å². The summed E-state index contributed by atoms with van der Waals surface area (Å²) in [6, 6.07) is 3.57. The molecule has 1 saturated heterocycles. The summed E-state index contributed by atoms with van der Waals surface area (Å²) in [5.41, 5.74) is 0.301. The Balaban J connectivity index is 2.18. The fraction of sp³-hybridized carbons (Fsp3) is 0.308. The van der Waals surface area contributed by atoms with Gasteiger partial charge in [0, 0.05) is 6.42 Å². The van der Waals surface area contributed by atoms with Gasteiger partial charge in [-0.1, -0.05) is 0 Å². The van der Waals surface area contributed by atoms with E-state index in [1.807, 2.05) is 0 Å². The molecule has 1 fully saturated rings. The van der Waals surface area contributed by atoms with Crippen molar-refractivity contribution >= 4 is 23.5 Å². The molecular formula is C13H14N2O5. The van der Waals surface area contributed by atoms with Crippen molar-refractivity contribution in [2.75, 3.05) is 12.4 Å². The van der Waals surface area contributed by atoms with E-state index in [0.29, 0.717) is 18.6 Å². The van der Waals surface area contributed by atoms with Gasteiger partial charge in [0.05, 0.1) is 18.4 Å². The molecule has 0 unspecified atom stereocenters. The highest BCUT2D eigenvalue weighted by atomic mass is 16.5. The van der Waals surface area contributed by atoms with Crippen LogP contribution < -0.4 is 15.4 Å². The zero-order chi connectivity index (χ0) is 14.7. The number of carboxylic acid groups (broad SMARTS) is 1. The Morgan fingerprint density at radius 3 is 2.75 bits per heavy atom. The van der Waals surface area contributed by atoms with E-state index in [1.165, 1.54) is 25.3 Å². The lowest BCUT2D eigenvalue weighted by Crippen LogP contribution is -2.37. The molecule has 1 aromatic carbocycles. The Morgan fingerprint density at radius 1 is 1.45 bits per heavy atom. The predicted octanol–water partition coefficient (Wildman–Crippen LogP) is 0.610. The van der Waals surface area contributed by atoms with Crippen molar-refractivity contribution in [3.8, 4) is 5.75 Å². The molecule has 7 heteroatoms. The average Bonchev–Trinajstić information content (AvgIpc) is 2.85.